The molecule has 0 saturated heterocycles. The second-order valence-electron chi connectivity index (χ2n) is 3.77. The fourth-order valence-electron chi connectivity index (χ4n) is 1.15. The number of aliphatic hydroxyl groups excluding tert-OH is 8. The first-order chi connectivity index (χ1) is 8.27. The van der Waals surface area contributed by atoms with E-state index in [0.717, 1.165) is 0 Å². The van der Waals surface area contributed by atoms with Crippen LogP contribution < -0.4 is 0 Å². The van der Waals surface area contributed by atoms with E-state index in [2.05, 4.69) is 0 Å². The molecular formula is C9H18O9. The van der Waals surface area contributed by atoms with Crippen LogP contribution in [0.2, 0.25) is 0 Å². The zero-order valence-corrected chi connectivity index (χ0v) is 9.36. The third-order valence-corrected chi connectivity index (χ3v) is 2.39. The minimum Gasteiger partial charge on any atom is -0.394 e. The van der Waals surface area contributed by atoms with Crippen LogP contribution in [0.15, 0.2) is 0 Å². The molecule has 0 heterocycles. The molecule has 0 bridgehead atoms. The molecule has 9 heteroatoms. The van der Waals surface area contributed by atoms with Crippen LogP contribution in [0.5, 0.6) is 0 Å². The Hall–Kier alpha value is -0.650. The van der Waals surface area contributed by atoms with Crippen LogP contribution in [-0.2, 0) is 4.79 Å². The molecule has 0 aliphatic carbocycles. The zero-order valence-electron chi connectivity index (χ0n) is 9.36. The minimum absolute atomic E-state index is 0.927. The summed E-state index contributed by atoms with van der Waals surface area (Å²) in [7, 11) is 0. The molecule has 0 spiro atoms. The van der Waals surface area contributed by atoms with Gasteiger partial charge in [0.15, 0.2) is 5.78 Å². The third kappa shape index (κ3) is 4.23. The Morgan fingerprint density at radius 1 is 0.722 bits per heavy atom. The Morgan fingerprint density at radius 2 is 1.00 bits per heavy atom. The van der Waals surface area contributed by atoms with Crippen LogP contribution in [0.25, 0.3) is 0 Å². The molecule has 0 amide bonds. The maximum absolute atomic E-state index is 11.4. The monoisotopic (exact) mass is 270 g/mol. The van der Waals surface area contributed by atoms with Crippen molar-refractivity contribution < 1.29 is 45.6 Å². The van der Waals surface area contributed by atoms with Crippen molar-refractivity contribution in [1.82, 2.24) is 0 Å². The number of hydrogen-bond acceptors (Lipinski definition) is 9. The lowest BCUT2D eigenvalue weighted by Crippen LogP contribution is -2.52. The van der Waals surface area contributed by atoms with Crippen molar-refractivity contribution in [3.05, 3.63) is 0 Å². The maximum Gasteiger partial charge on any atom is 0.195 e. The number of hydrogen-bond donors (Lipinski definition) is 8. The predicted molar refractivity (Wildman–Crippen MR) is 55.2 cm³/mol. The lowest BCUT2D eigenvalue weighted by Gasteiger charge is -2.25. The van der Waals surface area contributed by atoms with Crippen LogP contribution in [0.4, 0.5) is 0 Å². The quantitative estimate of drug-likeness (QED) is 0.214. The predicted octanol–water partition coefficient (Wildman–Crippen LogP) is -5.29. The Balaban J connectivity index is 4.63. The van der Waals surface area contributed by atoms with Crippen LogP contribution in [0, 0.1) is 0 Å². The summed E-state index contributed by atoms with van der Waals surface area (Å²) in [5.74, 6) is -1.46. The molecule has 0 aliphatic rings. The highest BCUT2D eigenvalue weighted by molar-refractivity contribution is 5.88. The van der Waals surface area contributed by atoms with Crippen molar-refractivity contribution in [1.29, 1.82) is 0 Å². The molecule has 0 fully saturated rings. The number of carbonyl (C=O) groups is 1. The standard InChI is InChI=1S/C9H18O9/c10-1-3(12)5(14)7(16)9(18)8(17)6(15)4(13)2-11/h3-8,10-17H,1-2H2/t3-,4+,5-,6-,7-,8+/m1/s1. The molecule has 18 heavy (non-hydrogen) atoms. The van der Waals surface area contributed by atoms with Gasteiger partial charge in [0.05, 0.1) is 13.2 Å². The van der Waals surface area contributed by atoms with Gasteiger partial charge in [-0.05, 0) is 0 Å². The maximum atomic E-state index is 11.4. The molecule has 108 valence electrons. The molecule has 0 rings (SSSR count). The van der Waals surface area contributed by atoms with Crippen molar-refractivity contribution >= 4 is 5.78 Å². The van der Waals surface area contributed by atoms with E-state index in [1.54, 1.807) is 0 Å². The SMILES string of the molecule is O=C([C@@H](O)[C@H](O)[C@@H](O)CO)[C@H](O)[C@H](O)[C@H](O)CO. The average molecular weight is 270 g/mol. The molecule has 0 saturated carbocycles. The van der Waals surface area contributed by atoms with Gasteiger partial charge in [-0.2, -0.15) is 0 Å². The lowest BCUT2D eigenvalue weighted by molar-refractivity contribution is -0.159. The van der Waals surface area contributed by atoms with Gasteiger partial charge < -0.3 is 40.9 Å². The summed E-state index contributed by atoms with van der Waals surface area (Å²) in [5, 5.41) is 71.9. The molecule has 0 unspecified atom stereocenters. The van der Waals surface area contributed by atoms with E-state index in [-0.39, 0.29) is 0 Å². The molecule has 6 atom stereocenters. The van der Waals surface area contributed by atoms with E-state index in [1.807, 2.05) is 0 Å². The highest BCUT2D eigenvalue weighted by Crippen LogP contribution is 2.08. The summed E-state index contributed by atoms with van der Waals surface area (Å²) >= 11 is 0. The highest BCUT2D eigenvalue weighted by atomic mass is 16.4. The molecule has 0 aromatic carbocycles. The summed E-state index contributed by atoms with van der Waals surface area (Å²) in [5.41, 5.74) is 0. The molecule has 0 aromatic rings. The number of ketones is 1. The Bertz CT molecular complexity index is 234. The fourth-order valence-corrected chi connectivity index (χ4v) is 1.15. The first kappa shape index (κ1) is 17.4. The largest absolute Gasteiger partial charge is 0.394 e. The first-order valence-electron chi connectivity index (χ1n) is 5.11. The summed E-state index contributed by atoms with van der Waals surface area (Å²) in [6.07, 6.45) is -12.3. The van der Waals surface area contributed by atoms with Gasteiger partial charge in [0, 0.05) is 0 Å². The minimum atomic E-state index is -2.26. The topological polar surface area (TPSA) is 179 Å². The van der Waals surface area contributed by atoms with Gasteiger partial charge in [0.25, 0.3) is 0 Å². The molecule has 0 aliphatic heterocycles. The van der Waals surface area contributed by atoms with Gasteiger partial charge in [0.2, 0.25) is 0 Å². The van der Waals surface area contributed by atoms with Crippen molar-refractivity contribution in [3.8, 4) is 0 Å². The van der Waals surface area contributed by atoms with Crippen molar-refractivity contribution in [2.45, 2.75) is 36.6 Å². The van der Waals surface area contributed by atoms with Gasteiger partial charge in [-0.1, -0.05) is 0 Å². The van der Waals surface area contributed by atoms with Gasteiger partial charge >= 0.3 is 0 Å². The molecule has 0 aromatic heterocycles. The number of Topliss-reactive ketones (excluding diaryl/α,β-unsaturated/α-hetero) is 1. The van der Waals surface area contributed by atoms with E-state index in [4.69, 9.17) is 20.4 Å². The van der Waals surface area contributed by atoms with Gasteiger partial charge in [-0.25, -0.2) is 0 Å². The van der Waals surface area contributed by atoms with Crippen molar-refractivity contribution in [2.75, 3.05) is 13.2 Å². The summed E-state index contributed by atoms with van der Waals surface area (Å²) in [6.45, 7) is -1.85. The Labute approximate surface area is 102 Å². The molecule has 0 radical (unpaired) electrons. The first-order valence-corrected chi connectivity index (χ1v) is 5.11. The average Bonchev–Trinajstić information content (AvgIpc) is 2.40. The Kier molecular flexibility index (Phi) is 7.43. The van der Waals surface area contributed by atoms with Gasteiger partial charge in [0.1, 0.15) is 36.6 Å². The van der Waals surface area contributed by atoms with Gasteiger partial charge in [-0.15, -0.1) is 0 Å². The van der Waals surface area contributed by atoms with Crippen LogP contribution in [0.3, 0.4) is 0 Å². The smallest absolute Gasteiger partial charge is 0.195 e. The van der Waals surface area contributed by atoms with E-state index in [1.165, 1.54) is 0 Å². The van der Waals surface area contributed by atoms with Crippen LogP contribution >= 0.6 is 0 Å². The molecular weight excluding hydrogens is 252 g/mol. The van der Waals surface area contributed by atoms with E-state index < -0.39 is 55.6 Å². The van der Waals surface area contributed by atoms with E-state index >= 15 is 0 Å². The number of aliphatic hydroxyl groups is 8. The van der Waals surface area contributed by atoms with E-state index in [0.29, 0.717) is 0 Å². The normalized spacial score (nSPS) is 21.8. The van der Waals surface area contributed by atoms with Crippen LogP contribution in [0.1, 0.15) is 0 Å². The number of rotatable bonds is 8. The second kappa shape index (κ2) is 7.71. The zero-order chi connectivity index (χ0) is 14.5. The van der Waals surface area contributed by atoms with Crippen molar-refractivity contribution in [2.24, 2.45) is 0 Å². The molecule has 8 N–H and O–H groups in total. The second-order valence-corrected chi connectivity index (χ2v) is 3.77. The summed E-state index contributed by atoms with van der Waals surface area (Å²) in [6, 6.07) is 0. The summed E-state index contributed by atoms with van der Waals surface area (Å²) in [4.78, 5) is 11.4. The Morgan fingerprint density at radius 3 is 1.22 bits per heavy atom. The molecule has 9 nitrogen and oxygen atoms in total. The number of carbonyl (C=O) groups excluding carboxylic acids is 1. The van der Waals surface area contributed by atoms with Crippen molar-refractivity contribution in [3.63, 3.8) is 0 Å². The summed E-state index contributed by atoms with van der Waals surface area (Å²) < 4.78 is 0. The lowest BCUT2D eigenvalue weighted by atomic mass is 9.96. The fraction of sp³-hybridized carbons (Fsp3) is 0.889. The van der Waals surface area contributed by atoms with E-state index in [9.17, 15) is 25.2 Å². The van der Waals surface area contributed by atoms with Gasteiger partial charge in [-0.3, -0.25) is 4.79 Å². The van der Waals surface area contributed by atoms with Crippen LogP contribution in [-0.4, -0.2) is 96.5 Å². The highest BCUT2D eigenvalue weighted by Gasteiger charge is 2.38. The third-order valence-electron chi connectivity index (χ3n) is 2.39.